The van der Waals surface area contributed by atoms with Crippen molar-refractivity contribution in [2.24, 2.45) is 0 Å². The van der Waals surface area contributed by atoms with Gasteiger partial charge in [-0.25, -0.2) is 13.6 Å². The van der Waals surface area contributed by atoms with Crippen LogP contribution in [0.3, 0.4) is 0 Å². The lowest BCUT2D eigenvalue weighted by Crippen LogP contribution is -2.07. The fourth-order valence-electron chi connectivity index (χ4n) is 1.37. The van der Waals surface area contributed by atoms with Gasteiger partial charge in [-0.3, -0.25) is 10.1 Å². The first-order chi connectivity index (χ1) is 7.91. The number of nitro groups is 1. The number of fused-ring (bicyclic) bond motifs is 1. The van der Waals surface area contributed by atoms with E-state index in [2.05, 4.69) is 4.42 Å². The number of halogens is 2. The zero-order valence-electron chi connectivity index (χ0n) is 7.94. The van der Waals surface area contributed by atoms with Crippen LogP contribution in [0.4, 0.5) is 14.5 Å². The summed E-state index contributed by atoms with van der Waals surface area (Å²) in [5.74, 6) is -3.42. The van der Waals surface area contributed by atoms with Crippen LogP contribution in [0.15, 0.2) is 21.3 Å². The smallest absolute Gasteiger partial charge is 0.419 e. The van der Waals surface area contributed by atoms with Gasteiger partial charge in [0.15, 0.2) is 11.4 Å². The lowest BCUT2D eigenvalue weighted by atomic mass is 10.2. The fourth-order valence-corrected chi connectivity index (χ4v) is 1.37. The highest BCUT2D eigenvalue weighted by atomic mass is 19.1. The number of rotatable bonds is 1. The van der Waals surface area contributed by atoms with E-state index in [1.807, 2.05) is 0 Å². The molecule has 0 radical (unpaired) electrons. The average molecular weight is 243 g/mol. The molecule has 0 spiro atoms. The Labute approximate surface area is 90.9 Å². The van der Waals surface area contributed by atoms with Gasteiger partial charge in [-0.2, -0.15) is 0 Å². The highest BCUT2D eigenvalue weighted by molar-refractivity contribution is 5.86. The summed E-state index contributed by atoms with van der Waals surface area (Å²) in [5, 5.41) is 19.3. The minimum absolute atomic E-state index is 0.427. The van der Waals surface area contributed by atoms with Crippen LogP contribution < -0.4 is 5.63 Å². The lowest BCUT2D eigenvalue weighted by molar-refractivity contribution is -0.388. The third-order valence-corrected chi connectivity index (χ3v) is 2.06. The first kappa shape index (κ1) is 11.0. The third kappa shape index (κ3) is 1.59. The standard InChI is InChI=1S/C9H3F2NO5/c10-3-1-4-7(13)6(12(15)16)9(14)17-8(4)5(11)2-3/h1-2,13H. The summed E-state index contributed by atoms with van der Waals surface area (Å²) >= 11 is 0. The molecule has 0 bridgehead atoms. The molecule has 0 fully saturated rings. The molecular formula is C9H3F2NO5. The summed E-state index contributed by atoms with van der Waals surface area (Å²) in [5.41, 5.74) is -3.51. The van der Waals surface area contributed by atoms with Crippen LogP contribution in [0.25, 0.3) is 11.0 Å². The number of hydrogen-bond donors (Lipinski definition) is 1. The number of benzene rings is 1. The van der Waals surface area contributed by atoms with Crippen LogP contribution in [0, 0.1) is 21.7 Å². The van der Waals surface area contributed by atoms with Crippen LogP contribution in [0.1, 0.15) is 0 Å². The van der Waals surface area contributed by atoms with Crippen molar-refractivity contribution >= 4 is 16.7 Å². The van der Waals surface area contributed by atoms with E-state index in [1.54, 1.807) is 0 Å². The van der Waals surface area contributed by atoms with Gasteiger partial charge < -0.3 is 9.52 Å². The Balaban J connectivity index is 3.02. The van der Waals surface area contributed by atoms with Gasteiger partial charge in [-0.1, -0.05) is 0 Å². The van der Waals surface area contributed by atoms with Crippen molar-refractivity contribution in [2.75, 3.05) is 0 Å². The molecule has 88 valence electrons. The second-order valence-corrected chi connectivity index (χ2v) is 3.11. The quantitative estimate of drug-likeness (QED) is 0.467. The minimum Gasteiger partial charge on any atom is -0.501 e. The average Bonchev–Trinajstić information content (AvgIpc) is 2.19. The van der Waals surface area contributed by atoms with Crippen molar-refractivity contribution in [2.45, 2.75) is 0 Å². The molecule has 0 saturated heterocycles. The van der Waals surface area contributed by atoms with Crippen LogP contribution >= 0.6 is 0 Å². The predicted octanol–water partition coefficient (Wildman–Crippen LogP) is 1.69. The van der Waals surface area contributed by atoms with E-state index in [0.717, 1.165) is 0 Å². The van der Waals surface area contributed by atoms with Crippen LogP contribution in [0.5, 0.6) is 5.75 Å². The molecule has 0 aliphatic rings. The molecule has 2 rings (SSSR count). The van der Waals surface area contributed by atoms with Gasteiger partial charge in [0, 0.05) is 6.07 Å². The Hall–Kier alpha value is -2.51. The maximum absolute atomic E-state index is 13.2. The summed E-state index contributed by atoms with van der Waals surface area (Å²) in [4.78, 5) is 20.4. The number of aromatic hydroxyl groups is 1. The third-order valence-electron chi connectivity index (χ3n) is 2.06. The van der Waals surface area contributed by atoms with Gasteiger partial charge >= 0.3 is 11.3 Å². The summed E-state index contributed by atoms with van der Waals surface area (Å²) < 4.78 is 30.4. The van der Waals surface area contributed by atoms with E-state index < -0.39 is 44.6 Å². The van der Waals surface area contributed by atoms with Gasteiger partial charge in [-0.05, 0) is 6.07 Å². The Morgan fingerprint density at radius 2 is 2.00 bits per heavy atom. The first-order valence-corrected chi connectivity index (χ1v) is 4.21. The van der Waals surface area contributed by atoms with E-state index in [1.165, 1.54) is 0 Å². The van der Waals surface area contributed by atoms with E-state index in [4.69, 9.17) is 0 Å². The lowest BCUT2D eigenvalue weighted by Gasteiger charge is -2.01. The minimum atomic E-state index is -1.51. The van der Waals surface area contributed by atoms with E-state index >= 15 is 0 Å². The highest BCUT2D eigenvalue weighted by Crippen LogP contribution is 2.32. The van der Waals surface area contributed by atoms with Gasteiger partial charge in [0.05, 0.1) is 10.3 Å². The van der Waals surface area contributed by atoms with Crippen molar-refractivity contribution < 1.29 is 23.2 Å². The van der Waals surface area contributed by atoms with Crippen LogP contribution in [0.2, 0.25) is 0 Å². The predicted molar refractivity (Wildman–Crippen MR) is 50.7 cm³/mol. The van der Waals surface area contributed by atoms with Crippen molar-refractivity contribution in [1.82, 2.24) is 0 Å². The van der Waals surface area contributed by atoms with Gasteiger partial charge in [0.2, 0.25) is 5.75 Å². The number of nitrogens with zero attached hydrogens (tertiary/aromatic N) is 1. The molecule has 0 unspecified atom stereocenters. The topological polar surface area (TPSA) is 93.6 Å². The first-order valence-electron chi connectivity index (χ1n) is 4.21. The second-order valence-electron chi connectivity index (χ2n) is 3.11. The van der Waals surface area contributed by atoms with Gasteiger partial charge in [0.25, 0.3) is 0 Å². The molecule has 0 atom stereocenters. The molecular weight excluding hydrogens is 240 g/mol. The SMILES string of the molecule is O=c1oc2c(F)cc(F)cc2c(O)c1[N+](=O)[O-]. The molecule has 1 aromatic carbocycles. The fraction of sp³-hybridized carbons (Fsp3) is 0. The molecule has 0 aliphatic carbocycles. The zero-order chi connectivity index (χ0) is 12.7. The molecule has 0 saturated carbocycles. The van der Waals surface area contributed by atoms with Crippen molar-refractivity contribution in [3.63, 3.8) is 0 Å². The van der Waals surface area contributed by atoms with Crippen LogP contribution in [-0.4, -0.2) is 10.0 Å². The monoisotopic (exact) mass is 243 g/mol. The molecule has 1 aromatic heterocycles. The maximum atomic E-state index is 13.2. The van der Waals surface area contributed by atoms with Crippen molar-refractivity contribution in [3.05, 3.63) is 44.3 Å². The molecule has 6 nitrogen and oxygen atoms in total. The summed E-state index contributed by atoms with van der Waals surface area (Å²) in [6.45, 7) is 0. The second kappa shape index (κ2) is 3.51. The Morgan fingerprint density at radius 3 is 2.59 bits per heavy atom. The molecule has 2 aromatic rings. The molecule has 0 amide bonds. The summed E-state index contributed by atoms with van der Waals surface area (Å²) in [6.07, 6.45) is 0. The van der Waals surface area contributed by atoms with E-state index in [-0.39, 0.29) is 0 Å². The number of hydrogen-bond acceptors (Lipinski definition) is 5. The largest absolute Gasteiger partial charge is 0.501 e. The summed E-state index contributed by atoms with van der Waals surface area (Å²) in [7, 11) is 0. The molecule has 8 heteroatoms. The van der Waals surface area contributed by atoms with E-state index in [0.29, 0.717) is 12.1 Å². The zero-order valence-corrected chi connectivity index (χ0v) is 7.94. The summed E-state index contributed by atoms with van der Waals surface area (Å²) in [6, 6.07) is 1.06. The molecule has 1 heterocycles. The molecule has 1 N–H and O–H groups in total. The Kier molecular flexibility index (Phi) is 2.27. The van der Waals surface area contributed by atoms with Gasteiger partial charge in [-0.15, -0.1) is 0 Å². The van der Waals surface area contributed by atoms with Crippen molar-refractivity contribution in [1.29, 1.82) is 0 Å². The maximum Gasteiger partial charge on any atom is 0.419 e. The Morgan fingerprint density at radius 1 is 1.35 bits per heavy atom. The van der Waals surface area contributed by atoms with E-state index in [9.17, 15) is 28.8 Å². The molecule has 0 aliphatic heterocycles. The highest BCUT2D eigenvalue weighted by Gasteiger charge is 2.26. The van der Waals surface area contributed by atoms with Crippen molar-refractivity contribution in [3.8, 4) is 5.75 Å². The van der Waals surface area contributed by atoms with Gasteiger partial charge in [0.1, 0.15) is 5.82 Å². The molecule has 17 heavy (non-hydrogen) atoms. The van der Waals surface area contributed by atoms with Crippen LogP contribution in [-0.2, 0) is 0 Å². The Bertz CT molecular complexity index is 694. The normalized spacial score (nSPS) is 10.7.